The molecule has 0 radical (unpaired) electrons. The van der Waals surface area contributed by atoms with Gasteiger partial charge < -0.3 is 10.2 Å². The fraction of sp³-hybridized carbons (Fsp3) is 0.231. The minimum atomic E-state index is -0.356. The maximum Gasteiger partial charge on any atom is 0.323 e. The monoisotopic (exact) mass is 261 g/mol. The molecular formula is C13H12ClN3O. The van der Waals surface area contributed by atoms with Crippen LogP contribution < -0.4 is 5.32 Å². The first-order valence-corrected chi connectivity index (χ1v) is 5.56. The van der Waals surface area contributed by atoms with Crippen molar-refractivity contribution in [2.45, 2.75) is 6.92 Å². The van der Waals surface area contributed by atoms with Crippen LogP contribution in [-0.4, -0.2) is 29.0 Å². The molecule has 1 N–H and O–H groups in total. The first-order chi connectivity index (χ1) is 8.69. The summed E-state index contributed by atoms with van der Waals surface area (Å²) < 4.78 is 0. The standard InChI is InChI=1S/C13H12ClN3O/c1-3-5-10-17(9-4-2)13(18)16-11-7-6-8-15-12(11)14/h2,6-8H,9-10H2,1H3,(H,16,18). The number of aromatic nitrogens is 1. The number of carbonyl (C=O) groups excluding carboxylic acids is 1. The number of amides is 2. The van der Waals surface area contributed by atoms with Gasteiger partial charge in [0.2, 0.25) is 0 Å². The third kappa shape index (κ3) is 4.01. The SMILES string of the molecule is C#CCN(CC#CC)C(=O)Nc1cccnc1Cl. The van der Waals surface area contributed by atoms with E-state index in [0.29, 0.717) is 5.69 Å². The van der Waals surface area contributed by atoms with Gasteiger partial charge in [0.1, 0.15) is 0 Å². The van der Waals surface area contributed by atoms with Crippen molar-refractivity contribution < 1.29 is 4.79 Å². The number of hydrogen-bond acceptors (Lipinski definition) is 2. The van der Waals surface area contributed by atoms with E-state index in [4.69, 9.17) is 18.0 Å². The molecule has 0 aliphatic rings. The molecule has 4 nitrogen and oxygen atoms in total. The first-order valence-electron chi connectivity index (χ1n) is 5.18. The number of urea groups is 1. The van der Waals surface area contributed by atoms with E-state index in [0.717, 1.165) is 0 Å². The van der Waals surface area contributed by atoms with Crippen LogP contribution in [0.4, 0.5) is 10.5 Å². The van der Waals surface area contributed by atoms with Crippen LogP contribution in [0.15, 0.2) is 18.3 Å². The van der Waals surface area contributed by atoms with Gasteiger partial charge in [-0.15, -0.1) is 12.3 Å². The summed E-state index contributed by atoms with van der Waals surface area (Å²) in [6.45, 7) is 2.15. The second kappa shape index (κ2) is 7.21. The molecule has 0 aliphatic heterocycles. The minimum Gasteiger partial charge on any atom is -0.305 e. The molecule has 1 heterocycles. The Morgan fingerprint density at radius 3 is 3.00 bits per heavy atom. The average molecular weight is 262 g/mol. The summed E-state index contributed by atoms with van der Waals surface area (Å²) >= 11 is 5.84. The van der Waals surface area contributed by atoms with Crippen LogP contribution in [0.5, 0.6) is 0 Å². The number of halogens is 1. The Balaban J connectivity index is 2.75. The van der Waals surface area contributed by atoms with Crippen molar-refractivity contribution in [2.75, 3.05) is 18.4 Å². The summed E-state index contributed by atoms with van der Waals surface area (Å²) in [5.74, 6) is 7.90. The molecule has 0 bridgehead atoms. The van der Waals surface area contributed by atoms with Crippen molar-refractivity contribution in [3.05, 3.63) is 23.5 Å². The van der Waals surface area contributed by atoms with Gasteiger partial charge in [0.15, 0.2) is 5.15 Å². The van der Waals surface area contributed by atoms with Crippen molar-refractivity contribution in [3.8, 4) is 24.2 Å². The predicted octanol–water partition coefficient (Wildman–Crippen LogP) is 2.23. The second-order valence-electron chi connectivity index (χ2n) is 3.26. The molecule has 0 aliphatic carbocycles. The summed E-state index contributed by atoms with van der Waals surface area (Å²) in [5.41, 5.74) is 0.440. The Kier molecular flexibility index (Phi) is 5.57. The Hall–Kier alpha value is -2.17. The highest BCUT2D eigenvalue weighted by Crippen LogP contribution is 2.17. The molecule has 1 rings (SSSR count). The van der Waals surface area contributed by atoms with E-state index < -0.39 is 0 Å². The number of nitrogens with zero attached hydrogens (tertiary/aromatic N) is 2. The molecule has 0 unspecified atom stereocenters. The molecule has 0 saturated carbocycles. The molecular weight excluding hydrogens is 250 g/mol. The van der Waals surface area contributed by atoms with Gasteiger partial charge in [0.25, 0.3) is 0 Å². The Bertz CT molecular complexity index is 525. The van der Waals surface area contributed by atoms with E-state index in [9.17, 15) is 4.79 Å². The van der Waals surface area contributed by atoms with Crippen LogP contribution in [0.25, 0.3) is 0 Å². The van der Waals surface area contributed by atoms with Crippen LogP contribution in [0.2, 0.25) is 5.15 Å². The summed E-state index contributed by atoms with van der Waals surface area (Å²) in [5, 5.41) is 2.86. The quantitative estimate of drug-likeness (QED) is 0.670. The molecule has 0 atom stereocenters. The zero-order valence-electron chi connectivity index (χ0n) is 9.90. The number of rotatable bonds is 3. The van der Waals surface area contributed by atoms with Crippen LogP contribution in [0.1, 0.15) is 6.92 Å². The van der Waals surface area contributed by atoms with Gasteiger partial charge in [-0.05, 0) is 19.1 Å². The minimum absolute atomic E-state index is 0.179. The van der Waals surface area contributed by atoms with E-state index in [-0.39, 0.29) is 24.3 Å². The second-order valence-corrected chi connectivity index (χ2v) is 3.62. The lowest BCUT2D eigenvalue weighted by Gasteiger charge is -2.18. The van der Waals surface area contributed by atoms with E-state index >= 15 is 0 Å². The third-order valence-electron chi connectivity index (χ3n) is 2.02. The lowest BCUT2D eigenvalue weighted by atomic mass is 10.4. The molecule has 1 aromatic rings. The molecule has 0 aromatic carbocycles. The highest BCUT2D eigenvalue weighted by atomic mass is 35.5. The van der Waals surface area contributed by atoms with Crippen molar-refractivity contribution >= 4 is 23.3 Å². The Morgan fingerprint density at radius 1 is 1.61 bits per heavy atom. The Morgan fingerprint density at radius 2 is 2.39 bits per heavy atom. The average Bonchev–Trinajstić information content (AvgIpc) is 2.37. The van der Waals surface area contributed by atoms with Crippen molar-refractivity contribution in [2.24, 2.45) is 0 Å². The molecule has 0 saturated heterocycles. The van der Waals surface area contributed by atoms with E-state index in [1.165, 1.54) is 4.90 Å². The fourth-order valence-electron chi connectivity index (χ4n) is 1.16. The van der Waals surface area contributed by atoms with Gasteiger partial charge in [0, 0.05) is 6.20 Å². The van der Waals surface area contributed by atoms with Crippen LogP contribution in [0, 0.1) is 24.2 Å². The van der Waals surface area contributed by atoms with Gasteiger partial charge in [-0.25, -0.2) is 9.78 Å². The largest absolute Gasteiger partial charge is 0.323 e. The smallest absolute Gasteiger partial charge is 0.305 e. The van der Waals surface area contributed by atoms with Crippen LogP contribution in [-0.2, 0) is 0 Å². The number of pyridine rings is 1. The number of nitrogens with one attached hydrogen (secondary N) is 1. The van der Waals surface area contributed by atoms with E-state index in [1.807, 2.05) is 0 Å². The molecule has 18 heavy (non-hydrogen) atoms. The van der Waals surface area contributed by atoms with Crippen LogP contribution in [0.3, 0.4) is 0 Å². The lowest BCUT2D eigenvalue weighted by Crippen LogP contribution is -2.35. The number of carbonyl (C=O) groups is 1. The van der Waals surface area contributed by atoms with Crippen molar-refractivity contribution in [1.29, 1.82) is 0 Å². The Labute approximate surface area is 111 Å². The first kappa shape index (κ1) is 13.9. The summed E-state index contributed by atoms with van der Waals surface area (Å²) in [4.78, 5) is 17.2. The van der Waals surface area contributed by atoms with Crippen LogP contribution >= 0.6 is 11.6 Å². The summed E-state index contributed by atoms with van der Waals surface area (Å²) in [6, 6.07) is 2.98. The normalized spacial score (nSPS) is 8.72. The topological polar surface area (TPSA) is 45.2 Å². The summed E-state index contributed by atoms with van der Waals surface area (Å²) in [6.07, 6.45) is 6.75. The number of anilines is 1. The molecule has 1 aromatic heterocycles. The van der Waals surface area contributed by atoms with Gasteiger partial charge in [-0.2, -0.15) is 0 Å². The maximum absolute atomic E-state index is 11.9. The third-order valence-corrected chi connectivity index (χ3v) is 2.32. The number of hydrogen-bond donors (Lipinski definition) is 1. The maximum atomic E-state index is 11.9. The van der Waals surface area contributed by atoms with E-state index in [1.54, 1.807) is 25.3 Å². The van der Waals surface area contributed by atoms with E-state index in [2.05, 4.69) is 28.1 Å². The van der Waals surface area contributed by atoms with Gasteiger partial charge >= 0.3 is 6.03 Å². The zero-order valence-corrected chi connectivity index (χ0v) is 10.7. The molecule has 2 amide bonds. The fourth-order valence-corrected chi connectivity index (χ4v) is 1.32. The summed E-state index contributed by atoms with van der Waals surface area (Å²) in [7, 11) is 0. The van der Waals surface area contributed by atoms with Crippen molar-refractivity contribution in [1.82, 2.24) is 9.88 Å². The molecule has 92 valence electrons. The highest BCUT2D eigenvalue weighted by Gasteiger charge is 2.12. The van der Waals surface area contributed by atoms with Gasteiger partial charge in [-0.1, -0.05) is 23.4 Å². The van der Waals surface area contributed by atoms with Gasteiger partial charge in [-0.3, -0.25) is 0 Å². The number of terminal acetylenes is 1. The highest BCUT2D eigenvalue weighted by molar-refractivity contribution is 6.32. The molecule has 0 fully saturated rings. The zero-order chi connectivity index (χ0) is 13.4. The van der Waals surface area contributed by atoms with Crippen molar-refractivity contribution in [3.63, 3.8) is 0 Å². The lowest BCUT2D eigenvalue weighted by molar-refractivity contribution is 0.223. The molecule has 5 heteroatoms. The molecule has 0 spiro atoms. The predicted molar refractivity (Wildman–Crippen MR) is 72.1 cm³/mol. The van der Waals surface area contributed by atoms with Gasteiger partial charge in [0.05, 0.1) is 18.8 Å².